The molecule has 0 amide bonds. The van der Waals surface area contributed by atoms with Crippen LogP contribution in [0.3, 0.4) is 0 Å². The number of aliphatic carboxylic acids is 1. The second kappa shape index (κ2) is 3.24. The highest BCUT2D eigenvalue weighted by Crippen LogP contribution is 2.50. The average molecular weight is 225 g/mol. The number of hydrogen-bond donors (Lipinski definition) is 1. The monoisotopic (exact) mass is 224 g/mol. The highest BCUT2D eigenvalue weighted by molar-refractivity contribution is 6.31. The fraction of sp³-hybridized carbons (Fsp3) is 0.417. The van der Waals surface area contributed by atoms with Crippen LogP contribution in [0.25, 0.3) is 0 Å². The molecule has 0 bridgehead atoms. The molecule has 0 aliphatic heterocycles. The fourth-order valence-electron chi connectivity index (χ4n) is 2.06. The van der Waals surface area contributed by atoms with Crippen molar-refractivity contribution in [1.29, 1.82) is 0 Å². The Morgan fingerprint density at radius 1 is 1.33 bits per heavy atom. The van der Waals surface area contributed by atoms with Gasteiger partial charge in [-0.05, 0) is 49.4 Å². The second-order valence-corrected chi connectivity index (χ2v) is 4.71. The lowest BCUT2D eigenvalue weighted by Gasteiger charge is -2.15. The first kappa shape index (κ1) is 10.5. The van der Waals surface area contributed by atoms with Gasteiger partial charge in [0, 0.05) is 5.02 Å². The Morgan fingerprint density at radius 3 is 2.40 bits per heavy atom. The van der Waals surface area contributed by atoms with Crippen LogP contribution in [0.2, 0.25) is 5.02 Å². The quantitative estimate of drug-likeness (QED) is 0.838. The largest absolute Gasteiger partial charge is 0.481 e. The summed E-state index contributed by atoms with van der Waals surface area (Å²) in [4.78, 5) is 11.2. The summed E-state index contributed by atoms with van der Waals surface area (Å²) in [6, 6.07) is 3.77. The Hall–Kier alpha value is -1.02. The zero-order chi connectivity index (χ0) is 11.2. The van der Waals surface area contributed by atoms with E-state index in [0.717, 1.165) is 29.5 Å². The number of halogens is 1. The molecule has 1 N–H and O–H groups in total. The molecule has 0 saturated heterocycles. The third-order valence-corrected chi connectivity index (χ3v) is 3.59. The van der Waals surface area contributed by atoms with Crippen molar-refractivity contribution in [3.8, 4) is 0 Å². The molecule has 1 saturated carbocycles. The summed E-state index contributed by atoms with van der Waals surface area (Å²) in [5.74, 6) is -0.731. The first-order valence-electron chi connectivity index (χ1n) is 4.98. The molecule has 0 aromatic heterocycles. The Kier molecular flexibility index (Phi) is 2.27. The van der Waals surface area contributed by atoms with E-state index in [4.69, 9.17) is 11.6 Å². The third kappa shape index (κ3) is 1.53. The van der Waals surface area contributed by atoms with Gasteiger partial charge in [-0.2, -0.15) is 0 Å². The van der Waals surface area contributed by atoms with Crippen LogP contribution < -0.4 is 0 Å². The highest BCUT2D eigenvalue weighted by atomic mass is 35.5. The SMILES string of the molecule is Cc1cc(C)c(C2(C(=O)O)CC2)cc1Cl. The molecule has 1 aromatic carbocycles. The second-order valence-electron chi connectivity index (χ2n) is 4.30. The number of carbonyl (C=O) groups is 1. The molecule has 0 heterocycles. The summed E-state index contributed by atoms with van der Waals surface area (Å²) >= 11 is 6.03. The molecule has 1 aromatic rings. The molecule has 0 radical (unpaired) electrons. The first-order valence-corrected chi connectivity index (χ1v) is 5.36. The number of carboxylic acids is 1. The summed E-state index contributed by atoms with van der Waals surface area (Å²) < 4.78 is 0. The molecule has 1 aliphatic carbocycles. The summed E-state index contributed by atoms with van der Waals surface area (Å²) in [6.45, 7) is 3.88. The van der Waals surface area contributed by atoms with Crippen molar-refractivity contribution in [2.45, 2.75) is 32.1 Å². The molecule has 0 spiro atoms. The Labute approximate surface area is 93.9 Å². The van der Waals surface area contributed by atoms with Gasteiger partial charge in [-0.3, -0.25) is 4.79 Å². The van der Waals surface area contributed by atoms with E-state index in [9.17, 15) is 9.90 Å². The van der Waals surface area contributed by atoms with E-state index in [-0.39, 0.29) is 0 Å². The molecule has 15 heavy (non-hydrogen) atoms. The molecule has 3 heteroatoms. The van der Waals surface area contributed by atoms with Gasteiger partial charge in [0.05, 0.1) is 5.41 Å². The van der Waals surface area contributed by atoms with Crippen LogP contribution in [-0.4, -0.2) is 11.1 Å². The molecular weight excluding hydrogens is 212 g/mol. The van der Waals surface area contributed by atoms with Crippen LogP contribution in [-0.2, 0) is 10.2 Å². The standard InChI is InChI=1S/C12H13ClO2/c1-7-5-8(2)10(13)6-9(7)12(3-4-12)11(14)15/h5-6H,3-4H2,1-2H3,(H,14,15). The lowest BCUT2D eigenvalue weighted by molar-refractivity contribution is -0.140. The van der Waals surface area contributed by atoms with E-state index in [1.165, 1.54) is 0 Å². The molecule has 1 fully saturated rings. The Morgan fingerprint density at radius 2 is 1.93 bits per heavy atom. The van der Waals surface area contributed by atoms with E-state index in [1.54, 1.807) is 0 Å². The highest BCUT2D eigenvalue weighted by Gasteiger charge is 2.52. The van der Waals surface area contributed by atoms with Gasteiger partial charge in [0.2, 0.25) is 0 Å². The minimum absolute atomic E-state index is 0.651. The van der Waals surface area contributed by atoms with Crippen molar-refractivity contribution in [2.24, 2.45) is 0 Å². The predicted molar refractivity (Wildman–Crippen MR) is 59.5 cm³/mol. The van der Waals surface area contributed by atoms with Crippen LogP contribution in [0.15, 0.2) is 12.1 Å². The van der Waals surface area contributed by atoms with Crippen LogP contribution in [0, 0.1) is 13.8 Å². The van der Waals surface area contributed by atoms with Crippen LogP contribution >= 0.6 is 11.6 Å². The van der Waals surface area contributed by atoms with Gasteiger partial charge in [0.1, 0.15) is 0 Å². The van der Waals surface area contributed by atoms with Crippen molar-refractivity contribution in [2.75, 3.05) is 0 Å². The van der Waals surface area contributed by atoms with E-state index in [2.05, 4.69) is 0 Å². The van der Waals surface area contributed by atoms with E-state index < -0.39 is 11.4 Å². The number of aryl methyl sites for hydroxylation is 2. The number of benzene rings is 1. The van der Waals surface area contributed by atoms with Gasteiger partial charge >= 0.3 is 5.97 Å². The lowest BCUT2D eigenvalue weighted by atomic mass is 9.91. The van der Waals surface area contributed by atoms with Crippen LogP contribution in [0.5, 0.6) is 0 Å². The summed E-state index contributed by atoms with van der Waals surface area (Å²) in [5.41, 5.74) is 2.25. The Bertz CT molecular complexity index is 433. The van der Waals surface area contributed by atoms with E-state index in [0.29, 0.717) is 5.02 Å². The average Bonchev–Trinajstić information content (AvgIpc) is 2.92. The van der Waals surface area contributed by atoms with Crippen LogP contribution in [0.1, 0.15) is 29.5 Å². The molecular formula is C12H13ClO2. The summed E-state index contributed by atoms with van der Waals surface area (Å²) in [5, 5.41) is 9.85. The maximum atomic E-state index is 11.2. The normalized spacial score (nSPS) is 17.5. The van der Waals surface area contributed by atoms with Gasteiger partial charge in [0.25, 0.3) is 0 Å². The van der Waals surface area contributed by atoms with E-state index in [1.807, 2.05) is 26.0 Å². The zero-order valence-electron chi connectivity index (χ0n) is 8.80. The smallest absolute Gasteiger partial charge is 0.314 e. The first-order chi connectivity index (χ1) is 6.97. The number of carboxylic acid groups (broad SMARTS) is 1. The molecule has 1 aliphatic rings. The molecule has 0 unspecified atom stereocenters. The molecule has 0 atom stereocenters. The van der Waals surface area contributed by atoms with Gasteiger partial charge in [-0.15, -0.1) is 0 Å². The van der Waals surface area contributed by atoms with Crippen LogP contribution in [0.4, 0.5) is 0 Å². The predicted octanol–water partition coefficient (Wildman–Crippen LogP) is 3.07. The van der Waals surface area contributed by atoms with Crippen molar-refractivity contribution < 1.29 is 9.90 Å². The van der Waals surface area contributed by atoms with Gasteiger partial charge < -0.3 is 5.11 Å². The van der Waals surface area contributed by atoms with Gasteiger partial charge in [-0.1, -0.05) is 17.7 Å². The van der Waals surface area contributed by atoms with Crippen molar-refractivity contribution in [3.63, 3.8) is 0 Å². The number of rotatable bonds is 2. The minimum Gasteiger partial charge on any atom is -0.481 e. The zero-order valence-corrected chi connectivity index (χ0v) is 9.56. The molecule has 2 rings (SSSR count). The van der Waals surface area contributed by atoms with Gasteiger partial charge in [-0.25, -0.2) is 0 Å². The number of hydrogen-bond acceptors (Lipinski definition) is 1. The minimum atomic E-state index is -0.731. The third-order valence-electron chi connectivity index (χ3n) is 3.18. The maximum Gasteiger partial charge on any atom is 0.314 e. The topological polar surface area (TPSA) is 37.3 Å². The molecule has 80 valence electrons. The van der Waals surface area contributed by atoms with Crippen molar-refractivity contribution in [1.82, 2.24) is 0 Å². The lowest BCUT2D eigenvalue weighted by Crippen LogP contribution is -2.20. The van der Waals surface area contributed by atoms with Crippen molar-refractivity contribution in [3.05, 3.63) is 33.8 Å². The summed E-state index contributed by atoms with van der Waals surface area (Å²) in [6.07, 6.45) is 1.45. The summed E-state index contributed by atoms with van der Waals surface area (Å²) in [7, 11) is 0. The molecule has 2 nitrogen and oxygen atoms in total. The van der Waals surface area contributed by atoms with E-state index >= 15 is 0 Å². The fourth-order valence-corrected chi connectivity index (χ4v) is 2.23. The maximum absolute atomic E-state index is 11.2. The Balaban J connectivity index is 2.54. The van der Waals surface area contributed by atoms with Gasteiger partial charge in [0.15, 0.2) is 0 Å². The van der Waals surface area contributed by atoms with Crippen molar-refractivity contribution >= 4 is 17.6 Å².